The number of carbonyl (C=O) groups excluding carboxylic acids is 1. The van der Waals surface area contributed by atoms with Crippen LogP contribution in [0, 0.1) is 5.92 Å². The molecule has 1 saturated heterocycles. The van der Waals surface area contributed by atoms with Crippen LogP contribution in [0.1, 0.15) is 37.0 Å². The van der Waals surface area contributed by atoms with E-state index in [2.05, 4.69) is 19.2 Å². The van der Waals surface area contributed by atoms with Gasteiger partial charge in [-0.15, -0.1) is 11.3 Å². The van der Waals surface area contributed by atoms with E-state index in [9.17, 15) is 4.79 Å². The van der Waals surface area contributed by atoms with Gasteiger partial charge in [-0.2, -0.15) is 0 Å². The number of rotatable bonds is 5. The summed E-state index contributed by atoms with van der Waals surface area (Å²) in [4.78, 5) is 14.6. The molecular weight excluding hydrogens is 315 g/mol. The van der Waals surface area contributed by atoms with E-state index >= 15 is 0 Å². The van der Waals surface area contributed by atoms with E-state index in [1.807, 2.05) is 4.90 Å². The molecule has 6 heteroatoms. The number of hydrogen-bond acceptors (Lipinski definition) is 3. The summed E-state index contributed by atoms with van der Waals surface area (Å²) in [5.41, 5.74) is 0.528. The fourth-order valence-electron chi connectivity index (χ4n) is 2.52. The van der Waals surface area contributed by atoms with Crippen molar-refractivity contribution < 1.29 is 4.79 Å². The van der Waals surface area contributed by atoms with Crippen molar-refractivity contribution in [2.75, 3.05) is 19.6 Å². The van der Waals surface area contributed by atoms with Gasteiger partial charge >= 0.3 is 0 Å². The minimum Gasteiger partial charge on any atom is -0.337 e. The van der Waals surface area contributed by atoms with Gasteiger partial charge in [-0.25, -0.2) is 0 Å². The van der Waals surface area contributed by atoms with E-state index in [0.29, 0.717) is 26.2 Å². The summed E-state index contributed by atoms with van der Waals surface area (Å²) in [5, 5.41) is 3.44. The molecule has 0 aromatic carbocycles. The molecule has 0 bridgehead atoms. The topological polar surface area (TPSA) is 32.3 Å². The molecule has 1 aliphatic rings. The first kappa shape index (κ1) is 16.1. The summed E-state index contributed by atoms with van der Waals surface area (Å²) >= 11 is 13.3. The maximum atomic E-state index is 12.7. The summed E-state index contributed by atoms with van der Waals surface area (Å²) in [5.74, 6) is 0.411. The smallest absolute Gasteiger partial charge is 0.256 e. The molecule has 0 saturated carbocycles. The van der Waals surface area contributed by atoms with Gasteiger partial charge in [-0.3, -0.25) is 4.79 Å². The van der Waals surface area contributed by atoms with Crippen molar-refractivity contribution in [1.29, 1.82) is 0 Å². The number of carbonyl (C=O) groups is 1. The Balaban J connectivity index is 2.12. The molecule has 1 aromatic heterocycles. The second-order valence-corrected chi connectivity index (χ2v) is 7.92. The molecule has 0 radical (unpaired) electrons. The molecule has 1 unspecified atom stereocenters. The summed E-state index contributed by atoms with van der Waals surface area (Å²) in [6, 6.07) is 2.07. The summed E-state index contributed by atoms with van der Waals surface area (Å²) < 4.78 is 1.04. The van der Waals surface area contributed by atoms with Crippen molar-refractivity contribution in [3.05, 3.63) is 20.3 Å². The number of nitrogens with one attached hydrogen (secondary N) is 1. The average molecular weight is 335 g/mol. The van der Waals surface area contributed by atoms with Crippen molar-refractivity contribution in [3.63, 3.8) is 0 Å². The Hall–Kier alpha value is -0.290. The highest BCUT2D eigenvalue weighted by atomic mass is 35.5. The highest BCUT2D eigenvalue weighted by Crippen LogP contribution is 2.32. The van der Waals surface area contributed by atoms with Crippen LogP contribution >= 0.6 is 34.5 Å². The fourth-order valence-corrected chi connectivity index (χ4v) is 3.96. The molecule has 1 fully saturated rings. The Morgan fingerprint density at radius 2 is 2.30 bits per heavy atom. The average Bonchev–Trinajstić information content (AvgIpc) is 2.96. The summed E-state index contributed by atoms with van der Waals surface area (Å²) in [6.45, 7) is 6.75. The van der Waals surface area contributed by atoms with Gasteiger partial charge < -0.3 is 10.2 Å². The molecule has 1 N–H and O–H groups in total. The molecule has 2 heterocycles. The molecule has 0 aliphatic carbocycles. The van der Waals surface area contributed by atoms with Gasteiger partial charge in [-0.05, 0) is 31.4 Å². The minimum absolute atomic E-state index is 0.0134. The monoisotopic (exact) mass is 334 g/mol. The lowest BCUT2D eigenvalue weighted by molar-refractivity contribution is 0.0722. The Bertz CT molecular complexity index is 470. The Labute approximate surface area is 134 Å². The molecule has 1 amide bonds. The van der Waals surface area contributed by atoms with Crippen molar-refractivity contribution in [2.45, 2.75) is 32.7 Å². The molecule has 1 aromatic rings. The Morgan fingerprint density at radius 1 is 1.55 bits per heavy atom. The van der Waals surface area contributed by atoms with E-state index in [1.54, 1.807) is 6.07 Å². The zero-order chi connectivity index (χ0) is 14.7. The molecule has 112 valence electrons. The third-order valence-corrected chi connectivity index (χ3v) is 4.85. The molecule has 2 rings (SSSR count). The van der Waals surface area contributed by atoms with Crippen LogP contribution in [-0.2, 0) is 0 Å². The van der Waals surface area contributed by atoms with Crippen LogP contribution in [0.25, 0.3) is 0 Å². The predicted octanol–water partition coefficient (Wildman–Crippen LogP) is 3.91. The van der Waals surface area contributed by atoms with E-state index < -0.39 is 0 Å². The van der Waals surface area contributed by atoms with Crippen molar-refractivity contribution in [1.82, 2.24) is 10.2 Å². The van der Waals surface area contributed by atoms with Crippen LogP contribution in [0.15, 0.2) is 6.07 Å². The van der Waals surface area contributed by atoms with Crippen LogP contribution < -0.4 is 5.32 Å². The van der Waals surface area contributed by atoms with Gasteiger partial charge in [0.05, 0.1) is 9.90 Å². The molecule has 3 nitrogen and oxygen atoms in total. The lowest BCUT2D eigenvalue weighted by atomic mass is 10.1. The normalized spacial score (nSPS) is 18.8. The maximum Gasteiger partial charge on any atom is 0.256 e. The highest BCUT2D eigenvalue weighted by molar-refractivity contribution is 7.20. The van der Waals surface area contributed by atoms with Crippen molar-refractivity contribution in [2.24, 2.45) is 5.92 Å². The van der Waals surface area contributed by atoms with E-state index in [0.717, 1.165) is 26.1 Å². The number of halogens is 2. The number of amides is 1. The van der Waals surface area contributed by atoms with Gasteiger partial charge in [0.2, 0.25) is 0 Å². The minimum atomic E-state index is -0.0134. The predicted molar refractivity (Wildman–Crippen MR) is 86.1 cm³/mol. The first-order valence-corrected chi connectivity index (χ1v) is 8.52. The van der Waals surface area contributed by atoms with Crippen LogP contribution in [0.3, 0.4) is 0 Å². The first-order valence-electron chi connectivity index (χ1n) is 6.95. The van der Waals surface area contributed by atoms with Crippen LogP contribution in [0.2, 0.25) is 8.67 Å². The van der Waals surface area contributed by atoms with Gasteiger partial charge in [0, 0.05) is 19.1 Å². The molecular formula is C14H20Cl2N2OS. The maximum absolute atomic E-state index is 12.7. The zero-order valence-electron chi connectivity index (χ0n) is 11.8. The second kappa shape index (κ2) is 7.12. The Kier molecular flexibility index (Phi) is 5.73. The molecule has 0 spiro atoms. The second-order valence-electron chi connectivity index (χ2n) is 5.64. The third-order valence-electron chi connectivity index (χ3n) is 3.36. The van der Waals surface area contributed by atoms with Gasteiger partial charge in [-0.1, -0.05) is 37.0 Å². The Morgan fingerprint density at radius 3 is 2.80 bits per heavy atom. The quantitative estimate of drug-likeness (QED) is 0.885. The molecule has 1 atom stereocenters. The largest absolute Gasteiger partial charge is 0.337 e. The zero-order valence-corrected chi connectivity index (χ0v) is 14.1. The summed E-state index contributed by atoms with van der Waals surface area (Å²) in [6.07, 6.45) is 2.30. The van der Waals surface area contributed by atoms with E-state index in [4.69, 9.17) is 23.2 Å². The lowest BCUT2D eigenvalue weighted by Crippen LogP contribution is -2.42. The van der Waals surface area contributed by atoms with Crippen LogP contribution in [-0.4, -0.2) is 36.5 Å². The van der Waals surface area contributed by atoms with Crippen molar-refractivity contribution >= 4 is 40.4 Å². The van der Waals surface area contributed by atoms with Crippen LogP contribution in [0.5, 0.6) is 0 Å². The van der Waals surface area contributed by atoms with E-state index in [1.165, 1.54) is 17.8 Å². The number of nitrogens with zero attached hydrogens (tertiary/aromatic N) is 1. The molecule has 1 aliphatic heterocycles. The van der Waals surface area contributed by atoms with Crippen molar-refractivity contribution in [3.8, 4) is 0 Å². The lowest BCUT2D eigenvalue weighted by Gasteiger charge is -2.27. The number of hydrogen-bond donors (Lipinski definition) is 1. The highest BCUT2D eigenvalue weighted by Gasteiger charge is 2.25. The standard InChI is InChI=1S/C14H20Cl2N2OS/c1-9(2)7-18(8-10-4-3-5-17-10)14(19)11-6-12(15)20-13(11)16/h6,9-10,17H,3-5,7-8H2,1-2H3. The SMILES string of the molecule is CC(C)CN(CC1CCCN1)C(=O)c1cc(Cl)sc1Cl. The summed E-state index contributed by atoms with van der Waals surface area (Å²) in [7, 11) is 0. The first-order chi connectivity index (χ1) is 9.47. The van der Waals surface area contributed by atoms with Gasteiger partial charge in [0.25, 0.3) is 5.91 Å². The van der Waals surface area contributed by atoms with Crippen LogP contribution in [0.4, 0.5) is 0 Å². The van der Waals surface area contributed by atoms with E-state index in [-0.39, 0.29) is 5.91 Å². The molecule has 20 heavy (non-hydrogen) atoms. The van der Waals surface area contributed by atoms with Gasteiger partial charge in [0.15, 0.2) is 0 Å². The van der Waals surface area contributed by atoms with Gasteiger partial charge in [0.1, 0.15) is 4.34 Å². The number of thiophene rings is 1. The third kappa shape index (κ3) is 4.10. The fraction of sp³-hybridized carbons (Fsp3) is 0.643.